The van der Waals surface area contributed by atoms with Crippen molar-refractivity contribution in [3.05, 3.63) is 35.5 Å². The number of sulfonamides is 1. The Bertz CT molecular complexity index is 702. The predicted molar refractivity (Wildman–Crippen MR) is 75.9 cm³/mol. The lowest BCUT2D eigenvalue weighted by molar-refractivity contribution is 0.498. The summed E-state index contributed by atoms with van der Waals surface area (Å²) in [7, 11) is -3.63. The van der Waals surface area contributed by atoms with Gasteiger partial charge in [-0.3, -0.25) is 5.10 Å². The minimum atomic E-state index is -3.63. The smallest absolute Gasteiger partial charge is 0.244 e. The molecule has 3 rings (SSSR count). The minimum absolute atomic E-state index is 0.120. The summed E-state index contributed by atoms with van der Waals surface area (Å²) in [5, 5.41) is 10.1. The summed E-state index contributed by atoms with van der Waals surface area (Å²) in [5.74, 6) is 0.567. The van der Waals surface area contributed by atoms with Gasteiger partial charge < -0.3 is 9.73 Å². The minimum Gasteiger partial charge on any atom is -0.468 e. The molecule has 1 saturated carbocycles. The molecule has 0 atom stereocenters. The normalized spacial score (nSPS) is 15.5. The monoisotopic (exact) mass is 310 g/mol. The average Bonchev–Trinajstić information content (AvgIpc) is 2.97. The molecule has 0 unspecified atom stereocenters. The average molecular weight is 310 g/mol. The molecule has 2 aromatic rings. The molecule has 0 aromatic carbocycles. The van der Waals surface area contributed by atoms with Gasteiger partial charge in [0.15, 0.2) is 0 Å². The highest BCUT2D eigenvalue weighted by molar-refractivity contribution is 7.89. The summed E-state index contributed by atoms with van der Waals surface area (Å²) in [6.07, 6.45) is 3.79. The van der Waals surface area contributed by atoms with Crippen molar-refractivity contribution in [3.8, 4) is 0 Å². The number of aromatic nitrogens is 2. The number of furan rings is 1. The molecule has 2 heterocycles. The van der Waals surface area contributed by atoms with E-state index in [1.165, 1.54) is 6.26 Å². The van der Waals surface area contributed by atoms with E-state index in [4.69, 9.17) is 4.42 Å². The summed E-state index contributed by atoms with van der Waals surface area (Å²) in [6, 6.07) is 3.94. The van der Waals surface area contributed by atoms with E-state index in [2.05, 4.69) is 20.2 Å². The highest BCUT2D eigenvalue weighted by Crippen LogP contribution is 2.22. The van der Waals surface area contributed by atoms with E-state index in [1.54, 1.807) is 19.1 Å². The van der Waals surface area contributed by atoms with Gasteiger partial charge in [-0.05, 0) is 31.9 Å². The van der Waals surface area contributed by atoms with Crippen LogP contribution in [-0.4, -0.2) is 24.7 Å². The van der Waals surface area contributed by atoms with Crippen LogP contribution in [0.15, 0.2) is 27.7 Å². The predicted octanol–water partition coefficient (Wildman–Crippen LogP) is 1.04. The van der Waals surface area contributed by atoms with Crippen LogP contribution in [0.25, 0.3) is 0 Å². The first-order valence-corrected chi connectivity index (χ1v) is 8.34. The number of nitrogens with zero attached hydrogens (tertiary/aromatic N) is 1. The fourth-order valence-electron chi connectivity index (χ4n) is 2.13. The van der Waals surface area contributed by atoms with Gasteiger partial charge in [-0.1, -0.05) is 0 Å². The first-order chi connectivity index (χ1) is 10.1. The van der Waals surface area contributed by atoms with E-state index in [0.29, 0.717) is 29.7 Å². The Labute approximate surface area is 123 Å². The molecule has 0 aliphatic heterocycles. The molecule has 0 saturated heterocycles. The van der Waals surface area contributed by atoms with Gasteiger partial charge >= 0.3 is 0 Å². The molecule has 0 radical (unpaired) electrons. The van der Waals surface area contributed by atoms with Crippen LogP contribution in [0.3, 0.4) is 0 Å². The van der Waals surface area contributed by atoms with Gasteiger partial charge in [0.05, 0.1) is 24.2 Å². The number of nitrogens with one attached hydrogen (secondary N) is 3. The fourth-order valence-corrected chi connectivity index (χ4v) is 3.48. The number of aromatic amines is 1. The number of rotatable bonds is 7. The number of hydrogen-bond donors (Lipinski definition) is 3. The van der Waals surface area contributed by atoms with Gasteiger partial charge in [0.2, 0.25) is 10.0 Å². The van der Waals surface area contributed by atoms with Crippen LogP contribution in [0.2, 0.25) is 0 Å². The lowest BCUT2D eigenvalue weighted by Gasteiger charge is -2.07. The summed E-state index contributed by atoms with van der Waals surface area (Å²) in [4.78, 5) is 0.224. The third kappa shape index (κ3) is 3.34. The van der Waals surface area contributed by atoms with Crippen molar-refractivity contribution >= 4 is 10.0 Å². The molecule has 2 aromatic heterocycles. The van der Waals surface area contributed by atoms with E-state index < -0.39 is 10.0 Å². The van der Waals surface area contributed by atoms with Crippen LogP contribution >= 0.6 is 0 Å². The maximum Gasteiger partial charge on any atom is 0.244 e. The molecule has 8 heteroatoms. The fraction of sp³-hybridized carbons (Fsp3) is 0.462. The van der Waals surface area contributed by atoms with Crippen LogP contribution in [0, 0.1) is 6.92 Å². The van der Waals surface area contributed by atoms with E-state index in [9.17, 15) is 8.42 Å². The Morgan fingerprint density at radius 1 is 1.43 bits per heavy atom. The zero-order chi connectivity index (χ0) is 14.9. The van der Waals surface area contributed by atoms with Crippen LogP contribution < -0.4 is 10.0 Å². The Morgan fingerprint density at radius 3 is 2.90 bits per heavy atom. The summed E-state index contributed by atoms with van der Waals surface area (Å²) in [6.45, 7) is 2.27. The zero-order valence-electron chi connectivity index (χ0n) is 11.7. The largest absolute Gasteiger partial charge is 0.468 e. The van der Waals surface area contributed by atoms with Gasteiger partial charge in [-0.25, -0.2) is 13.1 Å². The quantitative estimate of drug-likeness (QED) is 0.709. The molecule has 0 amide bonds. The molecule has 1 fully saturated rings. The van der Waals surface area contributed by atoms with E-state index >= 15 is 0 Å². The Hall–Kier alpha value is -1.64. The van der Waals surface area contributed by atoms with Crippen molar-refractivity contribution in [2.75, 3.05) is 0 Å². The summed E-state index contributed by atoms with van der Waals surface area (Å²) >= 11 is 0. The number of hydrogen-bond acceptors (Lipinski definition) is 5. The van der Waals surface area contributed by atoms with Crippen LogP contribution in [0.5, 0.6) is 0 Å². The Kier molecular flexibility index (Phi) is 3.83. The van der Waals surface area contributed by atoms with Crippen molar-refractivity contribution in [3.63, 3.8) is 0 Å². The van der Waals surface area contributed by atoms with Crippen LogP contribution in [0.4, 0.5) is 0 Å². The van der Waals surface area contributed by atoms with Gasteiger partial charge in [-0.15, -0.1) is 0 Å². The summed E-state index contributed by atoms with van der Waals surface area (Å²) in [5.41, 5.74) is 1.06. The van der Waals surface area contributed by atoms with Gasteiger partial charge in [-0.2, -0.15) is 5.10 Å². The molecule has 1 aliphatic carbocycles. The van der Waals surface area contributed by atoms with Gasteiger partial charge in [0.25, 0.3) is 0 Å². The molecule has 114 valence electrons. The molecule has 0 spiro atoms. The maximum absolute atomic E-state index is 12.4. The van der Waals surface area contributed by atoms with Gasteiger partial charge in [0.1, 0.15) is 10.7 Å². The standard InChI is InChI=1S/C13H18N4O3S/c1-9-13(12(17-16-9)8-14-10-4-5-10)21(18,19)15-7-11-3-2-6-20-11/h2-3,6,10,14-15H,4-5,7-8H2,1H3,(H,16,17). The van der Waals surface area contributed by atoms with Crippen molar-refractivity contribution in [1.29, 1.82) is 0 Å². The molecule has 7 nitrogen and oxygen atoms in total. The van der Waals surface area contributed by atoms with Crippen LogP contribution in [-0.2, 0) is 23.1 Å². The lowest BCUT2D eigenvalue weighted by Crippen LogP contribution is -2.26. The highest BCUT2D eigenvalue weighted by atomic mass is 32.2. The lowest BCUT2D eigenvalue weighted by atomic mass is 10.3. The van der Waals surface area contributed by atoms with Crippen LogP contribution in [0.1, 0.15) is 30.0 Å². The number of aryl methyl sites for hydroxylation is 1. The van der Waals surface area contributed by atoms with Gasteiger partial charge in [0, 0.05) is 12.6 Å². The Morgan fingerprint density at radius 2 is 2.24 bits per heavy atom. The SMILES string of the molecule is Cc1[nH]nc(CNC2CC2)c1S(=O)(=O)NCc1ccco1. The third-order valence-electron chi connectivity index (χ3n) is 3.38. The van der Waals surface area contributed by atoms with Crippen molar-refractivity contribution < 1.29 is 12.8 Å². The molecule has 0 bridgehead atoms. The first kappa shape index (κ1) is 14.3. The topological polar surface area (TPSA) is 100 Å². The second-order valence-electron chi connectivity index (χ2n) is 5.18. The van der Waals surface area contributed by atoms with E-state index in [0.717, 1.165) is 12.8 Å². The van der Waals surface area contributed by atoms with E-state index in [-0.39, 0.29) is 11.4 Å². The molecule has 1 aliphatic rings. The van der Waals surface area contributed by atoms with Crippen molar-refractivity contribution in [2.24, 2.45) is 0 Å². The number of H-pyrrole nitrogens is 1. The molecule has 21 heavy (non-hydrogen) atoms. The maximum atomic E-state index is 12.4. The van der Waals surface area contributed by atoms with E-state index in [1.807, 2.05) is 0 Å². The Balaban J connectivity index is 1.75. The van der Waals surface area contributed by atoms with Crippen molar-refractivity contribution in [1.82, 2.24) is 20.2 Å². The van der Waals surface area contributed by atoms with Crippen molar-refractivity contribution in [2.45, 2.75) is 43.8 Å². The highest BCUT2D eigenvalue weighted by Gasteiger charge is 2.26. The second kappa shape index (κ2) is 5.63. The third-order valence-corrected chi connectivity index (χ3v) is 4.99. The first-order valence-electron chi connectivity index (χ1n) is 6.85. The second-order valence-corrected chi connectivity index (χ2v) is 6.89. The summed E-state index contributed by atoms with van der Waals surface area (Å²) < 4.78 is 32.6. The molecular formula is C13H18N4O3S. The molecule has 3 N–H and O–H groups in total. The molecular weight excluding hydrogens is 292 g/mol. The zero-order valence-corrected chi connectivity index (χ0v) is 12.5.